The molecule has 66 heavy (non-hydrogen) atoms. The predicted octanol–water partition coefficient (Wildman–Crippen LogP) is 14.0. The zero-order valence-electron chi connectivity index (χ0n) is 38.1. The summed E-state index contributed by atoms with van der Waals surface area (Å²) >= 11 is 39.9. The van der Waals surface area contributed by atoms with Crippen molar-refractivity contribution >= 4 is 69.6 Å². The molecule has 6 aromatic rings. The van der Waals surface area contributed by atoms with Crippen LogP contribution in [0.1, 0.15) is 100 Å². The third kappa shape index (κ3) is 10.6. The number of benzene rings is 6. The van der Waals surface area contributed by atoms with E-state index in [4.69, 9.17) is 98.0 Å². The molecule has 0 heterocycles. The van der Waals surface area contributed by atoms with Crippen LogP contribution < -0.4 is 28.4 Å². The van der Waals surface area contributed by atoms with Gasteiger partial charge in [-0.1, -0.05) is 72.8 Å². The van der Waals surface area contributed by atoms with Crippen molar-refractivity contribution in [2.75, 3.05) is 42.7 Å². The maximum atomic E-state index is 6.66. The molecule has 0 aliphatic heterocycles. The molecule has 0 saturated heterocycles. The Morgan fingerprint density at radius 3 is 0.424 bits per heavy atom. The van der Waals surface area contributed by atoms with E-state index in [9.17, 15) is 0 Å². The van der Waals surface area contributed by atoms with E-state index in [0.717, 1.165) is 135 Å². The minimum atomic E-state index is 0.305. The number of methoxy groups -OCH3 is 6. The molecule has 12 heteroatoms. The first kappa shape index (κ1) is 49.8. The average Bonchev–Trinajstić information content (AvgIpc) is 3.33. The Kier molecular flexibility index (Phi) is 17.2. The van der Waals surface area contributed by atoms with Crippen LogP contribution in [0.15, 0.2) is 72.8 Å². The SMILES string of the molecule is COc1c2cc(CCl)cc1Cc1cc(CCl)cc(c1OC)Cc1cc(CCl)cc(c1OC)Cc1cc(CCl)cc(c1OC)Cc1cc(CCl)cc(c1OC)Cc1cc(CCl)cc(c1OC)C2. The molecule has 0 amide bonds. The van der Waals surface area contributed by atoms with Crippen LogP contribution in [-0.2, 0) is 73.8 Å². The van der Waals surface area contributed by atoms with Gasteiger partial charge in [-0.05, 0) is 100 Å². The number of fused-ring (bicyclic) bond motifs is 12. The summed E-state index contributed by atoms with van der Waals surface area (Å²) in [5.41, 5.74) is 17.2. The molecule has 0 unspecified atom stereocenters. The summed E-state index contributed by atoms with van der Waals surface area (Å²) in [5.74, 6) is 6.31. The van der Waals surface area contributed by atoms with Crippen molar-refractivity contribution in [3.05, 3.63) is 173 Å². The van der Waals surface area contributed by atoms with Crippen LogP contribution in [0, 0.1) is 0 Å². The maximum absolute atomic E-state index is 6.66. The van der Waals surface area contributed by atoms with Crippen molar-refractivity contribution in [3.63, 3.8) is 0 Å². The van der Waals surface area contributed by atoms with Crippen LogP contribution in [0.2, 0.25) is 0 Å². The van der Waals surface area contributed by atoms with E-state index in [0.29, 0.717) is 73.8 Å². The smallest absolute Gasteiger partial charge is 0.125 e. The van der Waals surface area contributed by atoms with E-state index in [1.165, 1.54) is 0 Å². The molecule has 6 nitrogen and oxygen atoms in total. The third-order valence-electron chi connectivity index (χ3n) is 12.3. The highest BCUT2D eigenvalue weighted by Crippen LogP contribution is 2.42. The lowest BCUT2D eigenvalue weighted by molar-refractivity contribution is 0.395. The Labute approximate surface area is 419 Å². The van der Waals surface area contributed by atoms with Gasteiger partial charge in [0.25, 0.3) is 0 Å². The number of rotatable bonds is 12. The highest BCUT2D eigenvalue weighted by molar-refractivity contribution is 6.18. The van der Waals surface area contributed by atoms with Crippen molar-refractivity contribution < 1.29 is 28.4 Å². The highest BCUT2D eigenvalue weighted by Gasteiger charge is 2.25. The molecule has 348 valence electrons. The molecular formula is C54H54Cl6O6. The molecule has 1 aliphatic carbocycles. The van der Waals surface area contributed by atoms with E-state index >= 15 is 0 Å². The molecule has 0 fully saturated rings. The summed E-state index contributed by atoms with van der Waals surface area (Å²) in [6, 6.07) is 25.3. The number of alkyl halides is 6. The Balaban J connectivity index is 1.54. The van der Waals surface area contributed by atoms with E-state index in [1.807, 2.05) is 0 Å². The van der Waals surface area contributed by atoms with Gasteiger partial charge in [0.05, 0.1) is 42.7 Å². The van der Waals surface area contributed by atoms with Gasteiger partial charge in [0.15, 0.2) is 0 Å². The topological polar surface area (TPSA) is 55.4 Å². The number of halogens is 6. The van der Waals surface area contributed by atoms with Gasteiger partial charge in [-0.3, -0.25) is 0 Å². The number of ether oxygens (including phenoxy) is 6. The fraction of sp³-hybridized carbons (Fsp3) is 0.333. The second-order valence-corrected chi connectivity index (χ2v) is 18.1. The maximum Gasteiger partial charge on any atom is 0.125 e. The molecule has 0 radical (unpaired) electrons. The van der Waals surface area contributed by atoms with Crippen molar-refractivity contribution in [1.82, 2.24) is 0 Å². The number of hydrogen-bond acceptors (Lipinski definition) is 6. The van der Waals surface area contributed by atoms with Gasteiger partial charge >= 0.3 is 0 Å². The molecule has 7 rings (SSSR count). The molecule has 0 N–H and O–H groups in total. The lowest BCUT2D eigenvalue weighted by atomic mass is 9.88. The standard InChI is InChI=1S/C54H54Cl6O6/c1-61-49-37-7-31(25-55)8-38(49)20-40-10-33(27-57)12-42(51(40)63-3)22-44-14-35(29-59)16-46(53(44)65-5)24-48-18-36(30-60)17-47(54(48)66-6)23-45-15-34(28-58)13-43(52(45)64-4)21-41-11-32(26-56)9-39(19-37)50(41)62-2/h7-18H,19-30H2,1-6H3. The average molecular weight is 1010 g/mol. The second-order valence-electron chi connectivity index (χ2n) is 16.5. The predicted molar refractivity (Wildman–Crippen MR) is 272 cm³/mol. The van der Waals surface area contributed by atoms with Gasteiger partial charge in [0.2, 0.25) is 0 Å². The Morgan fingerprint density at radius 2 is 0.348 bits per heavy atom. The Bertz CT molecular complexity index is 2100. The summed E-state index contributed by atoms with van der Waals surface area (Å²) in [4.78, 5) is 0. The summed E-state index contributed by atoms with van der Waals surface area (Å²) < 4.78 is 37.9. The molecular weight excluding hydrogens is 957 g/mol. The van der Waals surface area contributed by atoms with Crippen LogP contribution >= 0.6 is 69.6 Å². The molecule has 0 spiro atoms. The van der Waals surface area contributed by atoms with Gasteiger partial charge in [-0.2, -0.15) is 0 Å². The molecule has 6 aromatic carbocycles. The van der Waals surface area contributed by atoms with Crippen molar-refractivity contribution in [2.24, 2.45) is 0 Å². The normalized spacial score (nSPS) is 12.5. The first-order chi connectivity index (χ1) is 32.1. The fourth-order valence-electron chi connectivity index (χ4n) is 9.80. The lowest BCUT2D eigenvalue weighted by Crippen LogP contribution is -2.08. The van der Waals surface area contributed by atoms with E-state index in [-0.39, 0.29) is 0 Å². The van der Waals surface area contributed by atoms with E-state index in [1.54, 1.807) is 42.7 Å². The van der Waals surface area contributed by atoms with Crippen LogP contribution in [0.3, 0.4) is 0 Å². The minimum Gasteiger partial charge on any atom is -0.496 e. The van der Waals surface area contributed by atoms with Crippen molar-refractivity contribution in [3.8, 4) is 34.5 Å². The summed E-state index contributed by atoms with van der Waals surface area (Å²) in [7, 11) is 10.2. The molecule has 0 aromatic heterocycles. The molecule has 0 atom stereocenters. The van der Waals surface area contributed by atoms with Crippen LogP contribution in [0.5, 0.6) is 34.5 Å². The third-order valence-corrected chi connectivity index (χ3v) is 14.1. The minimum absolute atomic E-state index is 0.305. The summed E-state index contributed by atoms with van der Waals surface area (Å²) in [5, 5.41) is 0. The summed E-state index contributed by atoms with van der Waals surface area (Å²) in [6.07, 6.45) is 2.88. The fourth-order valence-corrected chi connectivity index (χ4v) is 10.7. The van der Waals surface area contributed by atoms with E-state index in [2.05, 4.69) is 72.8 Å². The van der Waals surface area contributed by atoms with Crippen LogP contribution in [-0.4, -0.2) is 42.7 Å². The monoisotopic (exact) mass is 1010 g/mol. The lowest BCUT2D eigenvalue weighted by Gasteiger charge is -2.23. The van der Waals surface area contributed by atoms with Gasteiger partial charge < -0.3 is 28.4 Å². The molecule has 12 bridgehead atoms. The van der Waals surface area contributed by atoms with Gasteiger partial charge in [-0.25, -0.2) is 0 Å². The Morgan fingerprint density at radius 1 is 0.242 bits per heavy atom. The van der Waals surface area contributed by atoms with Crippen molar-refractivity contribution in [1.29, 1.82) is 0 Å². The Hall–Kier alpha value is -4.14. The van der Waals surface area contributed by atoms with Crippen LogP contribution in [0.4, 0.5) is 0 Å². The number of hydrogen-bond donors (Lipinski definition) is 0. The first-order valence-electron chi connectivity index (χ1n) is 21.6. The highest BCUT2D eigenvalue weighted by atomic mass is 35.5. The van der Waals surface area contributed by atoms with E-state index < -0.39 is 0 Å². The van der Waals surface area contributed by atoms with Gasteiger partial charge in [-0.15, -0.1) is 69.6 Å². The molecule has 1 aliphatic rings. The summed E-state index contributed by atoms with van der Waals surface area (Å²) in [6.45, 7) is 0. The second kappa shape index (κ2) is 22.8. The van der Waals surface area contributed by atoms with Gasteiger partial charge in [0, 0.05) is 73.8 Å². The zero-order valence-corrected chi connectivity index (χ0v) is 42.7. The zero-order chi connectivity index (χ0) is 47.1. The van der Waals surface area contributed by atoms with Gasteiger partial charge in [0.1, 0.15) is 34.5 Å². The quantitative estimate of drug-likeness (QED) is 0.114. The van der Waals surface area contributed by atoms with Crippen LogP contribution in [0.25, 0.3) is 0 Å². The first-order valence-corrected chi connectivity index (χ1v) is 24.8. The largest absolute Gasteiger partial charge is 0.496 e. The van der Waals surface area contributed by atoms with Crippen molar-refractivity contribution in [2.45, 2.75) is 73.8 Å². The molecule has 0 saturated carbocycles.